The van der Waals surface area contributed by atoms with E-state index in [9.17, 15) is 19.0 Å². The van der Waals surface area contributed by atoms with Gasteiger partial charge in [-0.15, -0.1) is 0 Å². The Kier molecular flexibility index (Phi) is 13.6. The van der Waals surface area contributed by atoms with Gasteiger partial charge in [0.1, 0.15) is 23.2 Å². The van der Waals surface area contributed by atoms with Gasteiger partial charge in [0.2, 0.25) is 0 Å². The number of aromatic nitrogens is 4. The molecule has 0 aliphatic carbocycles. The predicted octanol–water partition coefficient (Wildman–Crippen LogP) is 14.9. The van der Waals surface area contributed by atoms with E-state index in [1.807, 2.05) is 64.4 Å². The van der Waals surface area contributed by atoms with E-state index >= 15 is 0 Å². The van der Waals surface area contributed by atoms with E-state index in [0.29, 0.717) is 26.4 Å². The lowest BCUT2D eigenvalue weighted by atomic mass is 9.86. The lowest BCUT2D eigenvalue weighted by molar-refractivity contribution is 0.0551. The van der Waals surface area contributed by atoms with Crippen LogP contribution in [-0.2, 0) is 20.7 Å². The zero-order valence-electron chi connectivity index (χ0n) is 44.6. The molecule has 0 saturated carbocycles. The van der Waals surface area contributed by atoms with Crippen molar-refractivity contribution < 1.29 is 37.3 Å². The van der Waals surface area contributed by atoms with Crippen molar-refractivity contribution in [3.63, 3.8) is 0 Å². The normalized spacial score (nSPS) is 15.9. The number of ether oxygens (including phenoxy) is 2. The Labute approximate surface area is 441 Å². The summed E-state index contributed by atoms with van der Waals surface area (Å²) in [5.41, 5.74) is 13.3. The Morgan fingerprint density at radius 2 is 0.921 bits per heavy atom. The third kappa shape index (κ3) is 9.54. The minimum absolute atomic E-state index is 0.129. The minimum Gasteiger partial charge on any atom is -0.469 e. The number of hydrogen-bond donors (Lipinski definition) is 2. The molecule has 10 nitrogen and oxygen atoms in total. The maximum atomic E-state index is 14.6. The van der Waals surface area contributed by atoms with Crippen molar-refractivity contribution in [3.8, 4) is 22.3 Å². The van der Waals surface area contributed by atoms with E-state index in [4.69, 9.17) is 28.3 Å². The van der Waals surface area contributed by atoms with Gasteiger partial charge < -0.3 is 37.7 Å². The molecule has 392 valence electrons. The molecule has 12 rings (SSSR count). The molecule has 0 bridgehead atoms. The third-order valence-electron chi connectivity index (χ3n) is 15.9. The molecule has 2 aliphatic heterocycles. The van der Waals surface area contributed by atoms with E-state index < -0.39 is 11.2 Å². The second-order valence-electron chi connectivity index (χ2n) is 22.1. The summed E-state index contributed by atoms with van der Waals surface area (Å²) in [7, 11) is 0. The monoisotopic (exact) mass is 1020 g/mol. The first-order valence-electron chi connectivity index (χ1n) is 26.5. The van der Waals surface area contributed by atoms with Crippen LogP contribution in [0.1, 0.15) is 110 Å². The summed E-state index contributed by atoms with van der Waals surface area (Å²) in [5.74, 6) is 1.69. The molecule has 2 saturated heterocycles. The Morgan fingerprint density at radius 3 is 1.26 bits per heavy atom. The standard InChI is InChI=1S/2C32H33FN2O3/c2*1-19-18-38-20(2)29(19)23-15-28-30(34-17-23)26-9-8-24(32(3,4)36)16-27(26)35(28)31(21-10-12-37-13-11-21)22-6-5-7-25(33)14-22/h2*5-9,14-18,21,31,36H,10-13H2,1-4H3. The van der Waals surface area contributed by atoms with Crippen molar-refractivity contribution in [3.05, 3.63) is 179 Å². The summed E-state index contributed by atoms with van der Waals surface area (Å²) in [6.07, 6.45) is 10.9. The lowest BCUT2D eigenvalue weighted by Gasteiger charge is -2.33. The zero-order valence-corrected chi connectivity index (χ0v) is 44.6. The number of furan rings is 2. The molecule has 2 N–H and O–H groups in total. The van der Waals surface area contributed by atoms with Crippen LogP contribution in [0.3, 0.4) is 0 Å². The van der Waals surface area contributed by atoms with Crippen LogP contribution in [0.4, 0.5) is 8.78 Å². The molecule has 0 amide bonds. The number of aliphatic hydroxyl groups is 2. The second kappa shape index (κ2) is 20.2. The Morgan fingerprint density at radius 1 is 0.526 bits per heavy atom. The Hall–Kier alpha value is -6.96. The van der Waals surface area contributed by atoms with Crippen LogP contribution in [0.25, 0.3) is 66.1 Å². The highest BCUT2D eigenvalue weighted by atomic mass is 19.1. The Balaban J connectivity index is 0.000000162. The van der Waals surface area contributed by atoms with Gasteiger partial charge in [0.05, 0.1) is 68.9 Å². The van der Waals surface area contributed by atoms with Gasteiger partial charge in [-0.1, -0.05) is 48.5 Å². The van der Waals surface area contributed by atoms with Crippen LogP contribution in [0.15, 0.2) is 131 Å². The van der Waals surface area contributed by atoms with Gasteiger partial charge in [-0.05, 0) is 175 Å². The lowest BCUT2D eigenvalue weighted by Crippen LogP contribution is -2.27. The van der Waals surface area contributed by atoms with Crippen molar-refractivity contribution in [2.75, 3.05) is 26.4 Å². The zero-order chi connectivity index (χ0) is 53.2. The van der Waals surface area contributed by atoms with Crippen molar-refractivity contribution >= 4 is 43.9 Å². The van der Waals surface area contributed by atoms with Gasteiger partial charge in [0.25, 0.3) is 0 Å². The first kappa shape index (κ1) is 51.2. The van der Waals surface area contributed by atoms with Gasteiger partial charge in [-0.2, -0.15) is 0 Å². The fourth-order valence-corrected chi connectivity index (χ4v) is 12.2. The summed E-state index contributed by atoms with van der Waals surface area (Å²) < 4.78 is 56.8. The number of aryl methyl sites for hydroxylation is 4. The summed E-state index contributed by atoms with van der Waals surface area (Å²) in [5, 5.41) is 23.8. The van der Waals surface area contributed by atoms with Gasteiger partial charge >= 0.3 is 0 Å². The van der Waals surface area contributed by atoms with E-state index in [0.717, 1.165) is 137 Å². The van der Waals surface area contributed by atoms with Crippen LogP contribution in [0.5, 0.6) is 0 Å². The van der Waals surface area contributed by atoms with E-state index in [1.165, 1.54) is 12.1 Å². The van der Waals surface area contributed by atoms with Crippen LogP contribution in [0, 0.1) is 51.2 Å². The topological polar surface area (TPSA) is 121 Å². The number of rotatable bonds is 10. The van der Waals surface area contributed by atoms with Gasteiger partial charge in [0, 0.05) is 71.8 Å². The van der Waals surface area contributed by atoms with Gasteiger partial charge in [-0.3, -0.25) is 9.97 Å². The van der Waals surface area contributed by atoms with Crippen molar-refractivity contribution in [1.82, 2.24) is 19.1 Å². The summed E-state index contributed by atoms with van der Waals surface area (Å²) in [6.45, 7) is 17.9. The molecule has 76 heavy (non-hydrogen) atoms. The predicted molar refractivity (Wildman–Crippen MR) is 295 cm³/mol. The number of benzene rings is 4. The molecule has 2 aliphatic rings. The van der Waals surface area contributed by atoms with E-state index in [2.05, 4.69) is 45.5 Å². The molecule has 0 spiro atoms. The average Bonchev–Trinajstić information content (AvgIpc) is 4.23. The van der Waals surface area contributed by atoms with Crippen molar-refractivity contribution in [2.24, 2.45) is 11.8 Å². The Bertz CT molecular complexity index is 3480. The van der Waals surface area contributed by atoms with Crippen molar-refractivity contribution in [2.45, 2.75) is 104 Å². The second-order valence-corrected chi connectivity index (χ2v) is 22.1. The minimum atomic E-state index is -1.01. The molecule has 12 heteroatoms. The highest BCUT2D eigenvalue weighted by molar-refractivity contribution is 6.08. The molecule has 2 unspecified atom stereocenters. The SMILES string of the molecule is Cc1coc(C)c1-c1cnc2c3ccc(C(C)(C)O)cc3n(C(c3cccc(F)c3)C3CCOCC3)c2c1.Cc1coc(C)c1-c1cnc2c3ccc(C(C)(C)O)cc3n(C(c3cccc(F)c3)C3CCOCC3)c2c1. The molecule has 0 radical (unpaired) electrons. The average molecular weight is 1030 g/mol. The summed E-state index contributed by atoms with van der Waals surface area (Å²) in [6, 6.07) is 30.2. The fraction of sp³-hybridized carbons (Fsp3) is 0.344. The maximum Gasteiger partial charge on any atom is 0.123 e. The number of hydrogen-bond acceptors (Lipinski definition) is 8. The quantitative estimate of drug-likeness (QED) is 0.139. The van der Waals surface area contributed by atoms with E-state index in [-0.39, 0.29) is 35.6 Å². The molecule has 8 heterocycles. The smallest absolute Gasteiger partial charge is 0.123 e. The largest absolute Gasteiger partial charge is 0.469 e. The van der Waals surface area contributed by atoms with Gasteiger partial charge in [-0.25, -0.2) is 8.78 Å². The number of halogens is 2. The highest BCUT2D eigenvalue weighted by Crippen LogP contribution is 2.45. The number of fused-ring (bicyclic) bond motifs is 6. The van der Waals surface area contributed by atoms with E-state index in [1.54, 1.807) is 64.5 Å². The molecular weight excluding hydrogens is 959 g/mol. The summed E-state index contributed by atoms with van der Waals surface area (Å²) in [4.78, 5) is 9.95. The molecule has 6 aromatic heterocycles. The third-order valence-corrected chi connectivity index (χ3v) is 15.9. The number of nitrogens with zero attached hydrogens (tertiary/aromatic N) is 4. The first-order valence-corrected chi connectivity index (χ1v) is 26.5. The van der Waals surface area contributed by atoms with Crippen LogP contribution < -0.4 is 0 Å². The number of pyridine rings is 2. The molecule has 2 atom stereocenters. The highest BCUT2D eigenvalue weighted by Gasteiger charge is 2.34. The van der Waals surface area contributed by atoms with Crippen LogP contribution >= 0.6 is 0 Å². The summed E-state index contributed by atoms with van der Waals surface area (Å²) >= 11 is 0. The first-order chi connectivity index (χ1) is 36.4. The van der Waals surface area contributed by atoms with Crippen molar-refractivity contribution in [1.29, 1.82) is 0 Å². The fourth-order valence-electron chi connectivity index (χ4n) is 12.2. The molecular formula is C64H66F2N4O6. The molecule has 2 fully saturated rings. The van der Waals surface area contributed by atoms with Crippen LogP contribution in [-0.4, -0.2) is 55.7 Å². The van der Waals surface area contributed by atoms with Crippen LogP contribution in [0.2, 0.25) is 0 Å². The molecule has 4 aromatic carbocycles. The van der Waals surface area contributed by atoms with Gasteiger partial charge in [0.15, 0.2) is 0 Å². The molecule has 10 aromatic rings. The maximum absolute atomic E-state index is 14.6.